The van der Waals surface area contributed by atoms with Gasteiger partial charge in [0.15, 0.2) is 0 Å². The van der Waals surface area contributed by atoms with Crippen LogP contribution in [-0.2, 0) is 6.54 Å². The van der Waals surface area contributed by atoms with Gasteiger partial charge in [-0.1, -0.05) is 6.42 Å². The van der Waals surface area contributed by atoms with Gasteiger partial charge in [0.25, 0.3) is 0 Å². The molecule has 0 amide bonds. The Morgan fingerprint density at radius 2 is 2.21 bits per heavy atom. The third-order valence-corrected chi connectivity index (χ3v) is 4.49. The summed E-state index contributed by atoms with van der Waals surface area (Å²) in [6.07, 6.45) is 9.28. The number of nitrogens with zero attached hydrogens (tertiary/aromatic N) is 3. The molecule has 5 nitrogen and oxygen atoms in total. The summed E-state index contributed by atoms with van der Waals surface area (Å²) in [4.78, 5) is 21.6. The molecular weight excluding hydrogens is 242 g/mol. The highest BCUT2D eigenvalue weighted by Crippen LogP contribution is 2.37. The van der Waals surface area contributed by atoms with Crippen LogP contribution >= 0.6 is 0 Å². The number of carbonyl (C=O) groups is 1. The van der Waals surface area contributed by atoms with E-state index in [1.165, 1.54) is 44.6 Å². The Labute approximate surface area is 112 Å². The molecule has 1 aromatic rings. The van der Waals surface area contributed by atoms with Crippen LogP contribution in [0.25, 0.3) is 0 Å². The number of rotatable bonds is 3. The third kappa shape index (κ3) is 2.47. The van der Waals surface area contributed by atoms with Gasteiger partial charge in [-0.05, 0) is 38.1 Å². The van der Waals surface area contributed by atoms with Crippen molar-refractivity contribution in [2.75, 3.05) is 6.54 Å². The highest BCUT2D eigenvalue weighted by Gasteiger charge is 2.35. The van der Waals surface area contributed by atoms with Crippen LogP contribution in [0, 0.1) is 5.92 Å². The van der Waals surface area contributed by atoms with Crippen LogP contribution in [-0.4, -0.2) is 38.5 Å². The summed E-state index contributed by atoms with van der Waals surface area (Å²) in [5.74, 6) is -0.126. The quantitative estimate of drug-likeness (QED) is 0.900. The molecule has 0 spiro atoms. The normalized spacial score (nSPS) is 27.2. The zero-order valence-corrected chi connectivity index (χ0v) is 11.0. The van der Waals surface area contributed by atoms with Crippen LogP contribution in [0.1, 0.15) is 48.2 Å². The predicted octanol–water partition coefficient (Wildman–Crippen LogP) is 1.94. The molecule has 1 saturated carbocycles. The zero-order chi connectivity index (χ0) is 13.2. The van der Waals surface area contributed by atoms with Gasteiger partial charge in [0.1, 0.15) is 11.9 Å². The second kappa shape index (κ2) is 5.25. The topological polar surface area (TPSA) is 66.3 Å². The minimum absolute atomic E-state index is 0.239. The summed E-state index contributed by atoms with van der Waals surface area (Å²) < 4.78 is 0. The number of hydrogen-bond acceptors (Lipinski definition) is 4. The fourth-order valence-corrected chi connectivity index (χ4v) is 3.61. The monoisotopic (exact) mass is 261 g/mol. The fraction of sp³-hybridized carbons (Fsp3) is 0.643. The molecule has 2 heterocycles. The van der Waals surface area contributed by atoms with E-state index in [0.29, 0.717) is 18.3 Å². The van der Waals surface area contributed by atoms with Crippen molar-refractivity contribution in [1.29, 1.82) is 0 Å². The number of piperidine rings is 1. The maximum Gasteiger partial charge on any atom is 0.339 e. The minimum Gasteiger partial charge on any atom is -0.478 e. The summed E-state index contributed by atoms with van der Waals surface area (Å²) >= 11 is 0. The molecule has 2 atom stereocenters. The van der Waals surface area contributed by atoms with Crippen LogP contribution in [0.2, 0.25) is 0 Å². The van der Waals surface area contributed by atoms with Crippen LogP contribution in [0.15, 0.2) is 12.5 Å². The van der Waals surface area contributed by atoms with Crippen molar-refractivity contribution < 1.29 is 9.90 Å². The van der Waals surface area contributed by atoms with Gasteiger partial charge in [0, 0.05) is 18.8 Å². The van der Waals surface area contributed by atoms with Gasteiger partial charge < -0.3 is 5.11 Å². The molecule has 1 aliphatic carbocycles. The van der Waals surface area contributed by atoms with Crippen LogP contribution in [0.4, 0.5) is 0 Å². The Balaban J connectivity index is 1.79. The summed E-state index contributed by atoms with van der Waals surface area (Å²) in [5, 5.41) is 9.18. The molecule has 1 aromatic heterocycles. The van der Waals surface area contributed by atoms with E-state index in [0.717, 1.165) is 12.5 Å². The van der Waals surface area contributed by atoms with Crippen molar-refractivity contribution in [2.45, 2.75) is 44.7 Å². The van der Waals surface area contributed by atoms with Gasteiger partial charge in [0.05, 0.1) is 5.69 Å². The maximum atomic E-state index is 11.2. The largest absolute Gasteiger partial charge is 0.478 e. The van der Waals surface area contributed by atoms with Gasteiger partial charge in [-0.15, -0.1) is 0 Å². The van der Waals surface area contributed by atoms with E-state index in [1.807, 2.05) is 0 Å². The van der Waals surface area contributed by atoms with Gasteiger partial charge >= 0.3 is 5.97 Å². The summed E-state index contributed by atoms with van der Waals surface area (Å²) in [6.45, 7) is 1.70. The Kier molecular flexibility index (Phi) is 3.46. The second-order valence-corrected chi connectivity index (χ2v) is 5.56. The van der Waals surface area contributed by atoms with Crippen molar-refractivity contribution >= 4 is 5.97 Å². The molecule has 2 unspecified atom stereocenters. The first kappa shape index (κ1) is 12.5. The minimum atomic E-state index is -0.935. The Hall–Kier alpha value is -1.49. The van der Waals surface area contributed by atoms with Crippen molar-refractivity contribution in [3.05, 3.63) is 23.8 Å². The standard InChI is InChI=1S/C14H19N3O2/c18-14(19)11-7-15-9-16-12(11)8-17-6-2-4-10-3-1-5-13(10)17/h7,9-10,13H,1-6,8H2,(H,18,19). The average Bonchev–Trinajstić information content (AvgIpc) is 2.88. The fourth-order valence-electron chi connectivity index (χ4n) is 3.61. The average molecular weight is 261 g/mol. The van der Waals surface area contributed by atoms with E-state index < -0.39 is 5.97 Å². The molecule has 0 aromatic carbocycles. The van der Waals surface area contributed by atoms with E-state index in [4.69, 9.17) is 0 Å². The number of hydrogen-bond donors (Lipinski definition) is 1. The van der Waals surface area contributed by atoms with Crippen LogP contribution in [0.3, 0.4) is 0 Å². The third-order valence-electron chi connectivity index (χ3n) is 4.49. The van der Waals surface area contributed by atoms with E-state index in [9.17, 15) is 9.90 Å². The van der Waals surface area contributed by atoms with Crippen LogP contribution < -0.4 is 0 Å². The number of aromatic carboxylic acids is 1. The van der Waals surface area contributed by atoms with Gasteiger partial charge in [-0.25, -0.2) is 14.8 Å². The first-order valence-electron chi connectivity index (χ1n) is 7.02. The molecule has 1 aliphatic heterocycles. The lowest BCUT2D eigenvalue weighted by Gasteiger charge is -2.37. The second-order valence-electron chi connectivity index (χ2n) is 5.56. The first-order chi connectivity index (χ1) is 9.25. The lowest BCUT2D eigenvalue weighted by atomic mass is 9.92. The number of carboxylic acids is 1. The molecular formula is C14H19N3O2. The molecule has 0 radical (unpaired) electrons. The number of fused-ring (bicyclic) bond motifs is 1. The Bertz CT molecular complexity index is 478. The van der Waals surface area contributed by atoms with E-state index in [1.54, 1.807) is 0 Å². The Morgan fingerprint density at radius 1 is 1.37 bits per heavy atom. The molecule has 2 aliphatic rings. The van der Waals surface area contributed by atoms with Crippen molar-refractivity contribution in [3.63, 3.8) is 0 Å². The number of aromatic nitrogens is 2. The number of carboxylic acid groups (broad SMARTS) is 1. The molecule has 1 saturated heterocycles. The van der Waals surface area contributed by atoms with E-state index >= 15 is 0 Å². The SMILES string of the molecule is O=C(O)c1cncnc1CN1CCCC2CCCC21. The molecule has 5 heteroatoms. The summed E-state index contributed by atoms with van der Waals surface area (Å²) in [5.41, 5.74) is 0.887. The molecule has 19 heavy (non-hydrogen) atoms. The summed E-state index contributed by atoms with van der Waals surface area (Å²) in [6, 6.07) is 0.630. The first-order valence-corrected chi connectivity index (χ1v) is 7.02. The van der Waals surface area contributed by atoms with Crippen molar-refractivity contribution in [1.82, 2.24) is 14.9 Å². The smallest absolute Gasteiger partial charge is 0.339 e. The van der Waals surface area contributed by atoms with Gasteiger partial charge in [-0.3, -0.25) is 4.90 Å². The molecule has 3 rings (SSSR count). The maximum absolute atomic E-state index is 11.2. The van der Waals surface area contributed by atoms with Crippen LogP contribution in [0.5, 0.6) is 0 Å². The molecule has 2 fully saturated rings. The van der Waals surface area contributed by atoms with Gasteiger partial charge in [0.2, 0.25) is 0 Å². The van der Waals surface area contributed by atoms with Gasteiger partial charge in [-0.2, -0.15) is 0 Å². The molecule has 0 bridgehead atoms. The lowest BCUT2D eigenvalue weighted by molar-refractivity contribution is 0.0687. The molecule has 1 N–H and O–H groups in total. The highest BCUT2D eigenvalue weighted by molar-refractivity contribution is 5.88. The summed E-state index contributed by atoms with van der Waals surface area (Å²) in [7, 11) is 0. The zero-order valence-electron chi connectivity index (χ0n) is 11.0. The predicted molar refractivity (Wildman–Crippen MR) is 69.8 cm³/mol. The lowest BCUT2D eigenvalue weighted by Crippen LogP contribution is -2.42. The molecule has 102 valence electrons. The van der Waals surface area contributed by atoms with Crippen molar-refractivity contribution in [3.8, 4) is 0 Å². The highest BCUT2D eigenvalue weighted by atomic mass is 16.4. The van der Waals surface area contributed by atoms with Crippen molar-refractivity contribution in [2.24, 2.45) is 5.92 Å². The Morgan fingerprint density at radius 3 is 3.05 bits per heavy atom. The number of likely N-dealkylation sites (tertiary alicyclic amines) is 1. The van der Waals surface area contributed by atoms with E-state index in [-0.39, 0.29) is 5.56 Å². The van der Waals surface area contributed by atoms with E-state index in [2.05, 4.69) is 14.9 Å².